The van der Waals surface area contributed by atoms with Crippen molar-refractivity contribution >= 4 is 6.09 Å². The molecule has 1 unspecified atom stereocenters. The van der Waals surface area contributed by atoms with Crippen molar-refractivity contribution in [2.24, 2.45) is 0 Å². The van der Waals surface area contributed by atoms with Crippen molar-refractivity contribution in [3.8, 4) is 0 Å². The molecule has 3 heteroatoms. The zero-order valence-electron chi connectivity index (χ0n) is 8.33. The molecule has 0 aromatic heterocycles. The molecule has 1 aromatic rings. The Labute approximate surface area is 83.1 Å². The van der Waals surface area contributed by atoms with Crippen LogP contribution < -0.4 is 5.32 Å². The summed E-state index contributed by atoms with van der Waals surface area (Å²) in [6.07, 6.45) is -0.337. The third-order valence-corrected chi connectivity index (χ3v) is 2.60. The molecule has 0 bridgehead atoms. The Kier molecular flexibility index (Phi) is 1.95. The van der Waals surface area contributed by atoms with Crippen LogP contribution in [0.2, 0.25) is 0 Å². The summed E-state index contributed by atoms with van der Waals surface area (Å²) in [6, 6.07) is 7.95. The number of hydrogen-bond donors (Lipinski definition) is 1. The lowest BCUT2D eigenvalue weighted by molar-refractivity contribution is 0.0699. The van der Waals surface area contributed by atoms with E-state index in [0.717, 1.165) is 11.1 Å². The number of amides is 1. The molecule has 3 nitrogen and oxygen atoms in total. The molecule has 1 saturated heterocycles. The Balaban J connectivity index is 2.40. The molecule has 1 heterocycles. The summed E-state index contributed by atoms with van der Waals surface area (Å²) in [4.78, 5) is 11.0. The molecule has 1 N–H and O–H groups in total. The van der Waals surface area contributed by atoms with Crippen molar-refractivity contribution in [1.29, 1.82) is 0 Å². The summed E-state index contributed by atoms with van der Waals surface area (Å²) in [5.41, 5.74) is 1.70. The van der Waals surface area contributed by atoms with Gasteiger partial charge in [-0.25, -0.2) is 4.79 Å². The third kappa shape index (κ3) is 1.35. The fourth-order valence-electron chi connectivity index (χ4n) is 1.83. The lowest BCUT2D eigenvalue weighted by atomic mass is 9.92. The van der Waals surface area contributed by atoms with Gasteiger partial charge in [0.15, 0.2) is 5.60 Å². The normalized spacial score (nSPS) is 25.7. The quantitative estimate of drug-likeness (QED) is 0.736. The summed E-state index contributed by atoms with van der Waals surface area (Å²) >= 11 is 0. The van der Waals surface area contributed by atoms with E-state index in [1.807, 2.05) is 38.1 Å². The molecule has 1 aromatic carbocycles. The minimum absolute atomic E-state index is 0.337. The molecular weight excluding hydrogens is 178 g/mol. The second-order valence-electron chi connectivity index (χ2n) is 3.79. The van der Waals surface area contributed by atoms with Gasteiger partial charge in [-0.2, -0.15) is 0 Å². The van der Waals surface area contributed by atoms with Gasteiger partial charge in [0, 0.05) is 0 Å². The average Bonchev–Trinajstić information content (AvgIpc) is 2.48. The molecule has 0 radical (unpaired) electrons. The zero-order valence-corrected chi connectivity index (χ0v) is 8.33. The largest absolute Gasteiger partial charge is 0.436 e. The van der Waals surface area contributed by atoms with Gasteiger partial charge in [0.25, 0.3) is 0 Å². The van der Waals surface area contributed by atoms with Crippen LogP contribution in [-0.2, 0) is 10.3 Å². The van der Waals surface area contributed by atoms with E-state index in [1.54, 1.807) is 0 Å². The second kappa shape index (κ2) is 3.01. The minimum Gasteiger partial charge on any atom is -0.436 e. The second-order valence-corrected chi connectivity index (χ2v) is 3.79. The highest BCUT2D eigenvalue weighted by molar-refractivity contribution is 5.70. The molecule has 1 atom stereocenters. The van der Waals surface area contributed by atoms with Gasteiger partial charge < -0.3 is 10.1 Å². The molecule has 1 aliphatic heterocycles. The first-order valence-corrected chi connectivity index (χ1v) is 4.65. The summed E-state index contributed by atoms with van der Waals surface area (Å²) in [5, 5.41) is 2.67. The molecule has 1 aliphatic rings. The number of ether oxygens (including phenoxy) is 1. The van der Waals surface area contributed by atoms with Gasteiger partial charge in [0.05, 0.1) is 6.54 Å². The number of nitrogens with one attached hydrogen (secondary N) is 1. The van der Waals surface area contributed by atoms with Crippen molar-refractivity contribution < 1.29 is 9.53 Å². The number of aryl methyl sites for hydroxylation is 1. The standard InChI is InChI=1S/C11H13NO2/c1-8-5-3-4-6-9(8)11(2)7-12-10(13)14-11/h3-6H,7H2,1-2H3,(H,12,13). The number of carbonyl (C=O) groups is 1. The first-order chi connectivity index (χ1) is 6.62. The SMILES string of the molecule is Cc1ccccc1C1(C)CNC(=O)O1. The van der Waals surface area contributed by atoms with Gasteiger partial charge in [-0.15, -0.1) is 0 Å². The predicted octanol–water partition coefficient (Wildman–Crippen LogP) is 1.95. The summed E-state index contributed by atoms with van der Waals surface area (Å²) in [7, 11) is 0. The number of benzene rings is 1. The topological polar surface area (TPSA) is 38.3 Å². The fourth-order valence-corrected chi connectivity index (χ4v) is 1.83. The molecule has 74 valence electrons. The monoisotopic (exact) mass is 191 g/mol. The van der Waals surface area contributed by atoms with Gasteiger partial charge >= 0.3 is 6.09 Å². The number of hydrogen-bond acceptors (Lipinski definition) is 2. The number of cyclic esters (lactones) is 1. The lowest BCUT2D eigenvalue weighted by Gasteiger charge is -2.23. The van der Waals surface area contributed by atoms with Crippen molar-refractivity contribution in [3.63, 3.8) is 0 Å². The van der Waals surface area contributed by atoms with Gasteiger partial charge in [-0.05, 0) is 25.0 Å². The Bertz CT molecular complexity index is 375. The first-order valence-electron chi connectivity index (χ1n) is 4.65. The highest BCUT2D eigenvalue weighted by Crippen LogP contribution is 2.30. The molecule has 0 aliphatic carbocycles. The molecular formula is C11H13NO2. The van der Waals surface area contributed by atoms with E-state index in [4.69, 9.17) is 4.74 Å². The van der Waals surface area contributed by atoms with Gasteiger partial charge in [0.2, 0.25) is 0 Å². The zero-order chi connectivity index (χ0) is 10.2. The lowest BCUT2D eigenvalue weighted by Crippen LogP contribution is -2.27. The van der Waals surface area contributed by atoms with Crippen LogP contribution in [0.1, 0.15) is 18.1 Å². The maximum atomic E-state index is 11.0. The summed E-state index contributed by atoms with van der Waals surface area (Å²) in [6.45, 7) is 4.48. The van der Waals surface area contributed by atoms with Crippen LogP contribution >= 0.6 is 0 Å². The third-order valence-electron chi connectivity index (χ3n) is 2.60. The van der Waals surface area contributed by atoms with E-state index in [1.165, 1.54) is 0 Å². The fraction of sp³-hybridized carbons (Fsp3) is 0.364. The van der Waals surface area contributed by atoms with E-state index in [2.05, 4.69) is 5.32 Å². The summed E-state index contributed by atoms with van der Waals surface area (Å²) < 4.78 is 5.27. The maximum Gasteiger partial charge on any atom is 0.408 e. The Hall–Kier alpha value is -1.51. The first kappa shape index (κ1) is 9.06. The van der Waals surface area contributed by atoms with Crippen molar-refractivity contribution in [2.75, 3.05) is 6.54 Å². The highest BCUT2D eigenvalue weighted by atomic mass is 16.6. The van der Waals surface area contributed by atoms with E-state index in [9.17, 15) is 4.79 Å². The number of rotatable bonds is 1. The number of alkyl carbamates (subject to hydrolysis) is 1. The smallest absolute Gasteiger partial charge is 0.408 e. The Morgan fingerprint density at radius 1 is 1.43 bits per heavy atom. The van der Waals surface area contributed by atoms with E-state index < -0.39 is 5.60 Å². The molecule has 1 fully saturated rings. The average molecular weight is 191 g/mol. The molecule has 1 amide bonds. The van der Waals surface area contributed by atoms with Crippen LogP contribution in [0.4, 0.5) is 4.79 Å². The van der Waals surface area contributed by atoms with E-state index in [-0.39, 0.29) is 6.09 Å². The van der Waals surface area contributed by atoms with Crippen LogP contribution in [0.5, 0.6) is 0 Å². The molecule has 0 saturated carbocycles. The van der Waals surface area contributed by atoms with Crippen LogP contribution in [0, 0.1) is 6.92 Å². The molecule has 14 heavy (non-hydrogen) atoms. The van der Waals surface area contributed by atoms with Crippen LogP contribution in [0.3, 0.4) is 0 Å². The number of carbonyl (C=O) groups excluding carboxylic acids is 1. The molecule has 2 rings (SSSR count). The van der Waals surface area contributed by atoms with Gasteiger partial charge in [-0.1, -0.05) is 24.3 Å². The maximum absolute atomic E-state index is 11.0. The van der Waals surface area contributed by atoms with Gasteiger partial charge in [-0.3, -0.25) is 0 Å². The predicted molar refractivity (Wildman–Crippen MR) is 53.0 cm³/mol. The minimum atomic E-state index is -0.511. The Morgan fingerprint density at radius 3 is 2.71 bits per heavy atom. The van der Waals surface area contributed by atoms with Crippen LogP contribution in [-0.4, -0.2) is 12.6 Å². The van der Waals surface area contributed by atoms with E-state index in [0.29, 0.717) is 6.54 Å². The Morgan fingerprint density at radius 2 is 2.14 bits per heavy atom. The summed E-state index contributed by atoms with van der Waals surface area (Å²) in [5.74, 6) is 0. The van der Waals surface area contributed by atoms with Crippen LogP contribution in [0.25, 0.3) is 0 Å². The van der Waals surface area contributed by atoms with Crippen molar-refractivity contribution in [3.05, 3.63) is 35.4 Å². The van der Waals surface area contributed by atoms with Crippen molar-refractivity contribution in [2.45, 2.75) is 19.4 Å². The highest BCUT2D eigenvalue weighted by Gasteiger charge is 2.37. The molecule has 0 spiro atoms. The van der Waals surface area contributed by atoms with Crippen LogP contribution in [0.15, 0.2) is 24.3 Å². The van der Waals surface area contributed by atoms with Gasteiger partial charge in [0.1, 0.15) is 0 Å². The van der Waals surface area contributed by atoms with E-state index >= 15 is 0 Å². The van der Waals surface area contributed by atoms with Crippen molar-refractivity contribution in [1.82, 2.24) is 5.32 Å².